The van der Waals surface area contributed by atoms with Crippen LogP contribution in [0, 0.1) is 10.1 Å². The molecule has 0 spiro atoms. The molecule has 0 saturated heterocycles. The number of nitro groups is 1. The van der Waals surface area contributed by atoms with Gasteiger partial charge in [0.25, 0.3) is 11.6 Å². The normalized spacial score (nSPS) is 10.4. The number of benzene rings is 3. The first kappa shape index (κ1) is 33.9. The molecule has 0 aromatic heterocycles. The molecule has 3 rings (SSSR count). The molecule has 11 heteroatoms. The van der Waals surface area contributed by atoms with E-state index in [2.05, 4.69) is 11.5 Å². The average Bonchev–Trinajstić information content (AvgIpc) is 3.01. The largest absolute Gasteiger partial charge is 0.493 e. The van der Waals surface area contributed by atoms with Crippen LogP contribution in [0.3, 0.4) is 0 Å². The number of hydrogen-bond acceptors (Lipinski definition) is 8. The molecule has 0 bridgehead atoms. The van der Waals surface area contributed by atoms with Gasteiger partial charge in [0.05, 0.1) is 33.4 Å². The van der Waals surface area contributed by atoms with Gasteiger partial charge in [0, 0.05) is 55.6 Å². The number of hydrogen-bond donors (Lipinski definition) is 0. The van der Waals surface area contributed by atoms with Crippen LogP contribution in [0.15, 0.2) is 73.3 Å². The maximum Gasteiger partial charge on any atom is 0.269 e. The zero-order valence-electron chi connectivity index (χ0n) is 24.4. The van der Waals surface area contributed by atoms with E-state index in [1.807, 2.05) is 24.3 Å². The number of methoxy groups -OCH3 is 4. The molecule has 0 radical (unpaired) electrons. The van der Waals surface area contributed by atoms with Gasteiger partial charge < -0.3 is 23.8 Å². The van der Waals surface area contributed by atoms with Gasteiger partial charge in [-0.2, -0.15) is 0 Å². The summed E-state index contributed by atoms with van der Waals surface area (Å²) in [4.78, 5) is 28.2. The number of nitro benzene ring substituents is 1. The van der Waals surface area contributed by atoms with Crippen LogP contribution >= 0.6 is 12.4 Å². The standard InChI is InChI=1S/C31H37N3O7.ClH/c1-6-17-32(20-16-23-8-14-27(38-2)29(21-23)40-4)18-7-19-33(26-13-15-28(39-3)30(22-26)41-5)31(35)24-9-11-25(12-10-24)34(36)37;/h6,8-15,21-22H,1,7,16-20H2,2-5H3;1H. The Kier molecular flexibility index (Phi) is 13.6. The lowest BCUT2D eigenvalue weighted by Crippen LogP contribution is -2.35. The van der Waals surface area contributed by atoms with Gasteiger partial charge in [-0.25, -0.2) is 0 Å². The minimum atomic E-state index is -0.490. The highest BCUT2D eigenvalue weighted by Crippen LogP contribution is 2.32. The van der Waals surface area contributed by atoms with E-state index in [-0.39, 0.29) is 24.0 Å². The quantitative estimate of drug-likeness (QED) is 0.115. The fourth-order valence-corrected chi connectivity index (χ4v) is 4.47. The number of nitrogens with zero attached hydrogens (tertiary/aromatic N) is 3. The summed E-state index contributed by atoms with van der Waals surface area (Å²) in [6.45, 7) is 6.51. The molecule has 1 amide bonds. The van der Waals surface area contributed by atoms with Crippen molar-refractivity contribution < 1.29 is 28.7 Å². The first-order valence-corrected chi connectivity index (χ1v) is 13.2. The second-order valence-corrected chi connectivity index (χ2v) is 9.18. The van der Waals surface area contributed by atoms with Gasteiger partial charge in [-0.15, -0.1) is 19.0 Å². The van der Waals surface area contributed by atoms with Crippen molar-refractivity contribution in [2.75, 3.05) is 59.5 Å². The molecular weight excluding hydrogens is 562 g/mol. The summed E-state index contributed by atoms with van der Waals surface area (Å²) in [5.74, 6) is 2.15. The van der Waals surface area contributed by atoms with Crippen molar-refractivity contribution in [1.82, 2.24) is 4.90 Å². The molecule has 226 valence electrons. The van der Waals surface area contributed by atoms with Crippen LogP contribution in [0.2, 0.25) is 0 Å². The third-order valence-electron chi connectivity index (χ3n) is 6.66. The Hall–Kier alpha value is -4.28. The highest BCUT2D eigenvalue weighted by Gasteiger charge is 2.21. The minimum Gasteiger partial charge on any atom is -0.493 e. The van der Waals surface area contributed by atoms with E-state index in [4.69, 9.17) is 18.9 Å². The Morgan fingerprint density at radius 3 is 2.00 bits per heavy atom. The highest BCUT2D eigenvalue weighted by molar-refractivity contribution is 6.06. The van der Waals surface area contributed by atoms with Gasteiger partial charge >= 0.3 is 0 Å². The summed E-state index contributed by atoms with van der Waals surface area (Å²) >= 11 is 0. The predicted molar refractivity (Wildman–Crippen MR) is 166 cm³/mol. The lowest BCUT2D eigenvalue weighted by atomic mass is 10.1. The lowest BCUT2D eigenvalue weighted by molar-refractivity contribution is -0.384. The fraction of sp³-hybridized carbons (Fsp3) is 0.323. The summed E-state index contributed by atoms with van der Waals surface area (Å²) in [5.41, 5.74) is 2.03. The zero-order valence-corrected chi connectivity index (χ0v) is 25.2. The number of carbonyl (C=O) groups is 1. The molecule has 0 unspecified atom stereocenters. The molecule has 0 atom stereocenters. The van der Waals surface area contributed by atoms with E-state index in [9.17, 15) is 14.9 Å². The first-order chi connectivity index (χ1) is 19.8. The van der Waals surface area contributed by atoms with Crippen LogP contribution in [0.4, 0.5) is 11.4 Å². The maximum atomic E-state index is 13.6. The molecule has 0 aliphatic carbocycles. The summed E-state index contributed by atoms with van der Waals surface area (Å²) in [6, 6.07) is 16.8. The van der Waals surface area contributed by atoms with Gasteiger partial charge in [-0.05, 0) is 54.8 Å². The molecule has 3 aromatic rings. The van der Waals surface area contributed by atoms with Crippen LogP contribution in [-0.4, -0.2) is 70.3 Å². The zero-order chi connectivity index (χ0) is 29.8. The van der Waals surface area contributed by atoms with E-state index < -0.39 is 4.92 Å². The van der Waals surface area contributed by atoms with Gasteiger partial charge in [0.15, 0.2) is 23.0 Å². The Bertz CT molecular complexity index is 1330. The van der Waals surface area contributed by atoms with Crippen LogP contribution < -0.4 is 23.8 Å². The van der Waals surface area contributed by atoms with Crippen LogP contribution in [0.5, 0.6) is 23.0 Å². The van der Waals surface area contributed by atoms with Crippen LogP contribution in [-0.2, 0) is 6.42 Å². The second kappa shape index (κ2) is 16.9. The summed E-state index contributed by atoms with van der Waals surface area (Å²) in [5, 5.41) is 11.1. The van der Waals surface area contributed by atoms with E-state index in [0.717, 1.165) is 25.1 Å². The van der Waals surface area contributed by atoms with Crippen molar-refractivity contribution in [1.29, 1.82) is 0 Å². The van der Waals surface area contributed by atoms with Crippen molar-refractivity contribution >= 4 is 29.7 Å². The molecule has 0 aliphatic rings. The molecule has 0 saturated carbocycles. The van der Waals surface area contributed by atoms with Gasteiger partial charge in [0.1, 0.15) is 0 Å². The van der Waals surface area contributed by atoms with Crippen LogP contribution in [0.25, 0.3) is 0 Å². The number of rotatable bonds is 16. The molecular formula is C31H38ClN3O7. The Morgan fingerprint density at radius 1 is 0.833 bits per heavy atom. The summed E-state index contributed by atoms with van der Waals surface area (Å²) in [6.07, 6.45) is 3.34. The third-order valence-corrected chi connectivity index (χ3v) is 6.66. The smallest absolute Gasteiger partial charge is 0.269 e. The molecule has 10 nitrogen and oxygen atoms in total. The minimum absolute atomic E-state index is 0. The molecule has 3 aromatic carbocycles. The van der Waals surface area contributed by atoms with Crippen molar-refractivity contribution in [3.8, 4) is 23.0 Å². The van der Waals surface area contributed by atoms with E-state index in [1.165, 1.54) is 31.4 Å². The Morgan fingerprint density at radius 2 is 1.43 bits per heavy atom. The SMILES string of the molecule is C=CCN(CCCN(C(=O)c1ccc([N+](=O)[O-])cc1)c1ccc(OC)c(OC)c1)CCc1ccc(OC)c(OC)c1.Cl. The summed E-state index contributed by atoms with van der Waals surface area (Å²) < 4.78 is 21.6. The van der Waals surface area contributed by atoms with Crippen molar-refractivity contribution in [3.05, 3.63) is 94.6 Å². The number of amides is 1. The Balaban J connectivity index is 0.00000616. The number of ether oxygens (including phenoxy) is 4. The third kappa shape index (κ3) is 8.86. The molecule has 0 heterocycles. The topological polar surface area (TPSA) is 104 Å². The van der Waals surface area contributed by atoms with Gasteiger partial charge in [0.2, 0.25) is 0 Å². The van der Waals surface area contributed by atoms with Crippen LogP contribution in [0.1, 0.15) is 22.3 Å². The molecule has 0 N–H and O–H groups in total. The number of non-ortho nitro benzene ring substituents is 1. The molecule has 42 heavy (non-hydrogen) atoms. The molecule has 0 fully saturated rings. The first-order valence-electron chi connectivity index (χ1n) is 13.2. The second-order valence-electron chi connectivity index (χ2n) is 9.18. The van der Waals surface area contributed by atoms with E-state index in [1.54, 1.807) is 44.4 Å². The van der Waals surface area contributed by atoms with E-state index >= 15 is 0 Å². The number of halogens is 1. The number of carbonyl (C=O) groups excluding carboxylic acids is 1. The lowest BCUT2D eigenvalue weighted by Gasteiger charge is -2.26. The highest BCUT2D eigenvalue weighted by atomic mass is 35.5. The maximum absolute atomic E-state index is 13.6. The average molecular weight is 600 g/mol. The van der Waals surface area contributed by atoms with Gasteiger partial charge in [-0.3, -0.25) is 19.8 Å². The molecule has 0 aliphatic heterocycles. The van der Waals surface area contributed by atoms with E-state index in [0.29, 0.717) is 53.8 Å². The monoisotopic (exact) mass is 599 g/mol. The fourth-order valence-electron chi connectivity index (χ4n) is 4.47. The van der Waals surface area contributed by atoms with Gasteiger partial charge in [-0.1, -0.05) is 12.1 Å². The Labute approximate surface area is 253 Å². The van der Waals surface area contributed by atoms with Crippen molar-refractivity contribution in [2.24, 2.45) is 0 Å². The number of anilines is 1. The summed E-state index contributed by atoms with van der Waals surface area (Å²) in [7, 11) is 6.32. The van der Waals surface area contributed by atoms with Crippen molar-refractivity contribution in [2.45, 2.75) is 12.8 Å². The van der Waals surface area contributed by atoms with Crippen molar-refractivity contribution in [3.63, 3.8) is 0 Å². The predicted octanol–water partition coefficient (Wildman–Crippen LogP) is 5.82.